The molecule has 1 N–H and O–H groups in total. The van der Waals surface area contributed by atoms with E-state index in [0.29, 0.717) is 24.4 Å². The van der Waals surface area contributed by atoms with Gasteiger partial charge in [-0.15, -0.1) is 0 Å². The molecular formula is C22H22N4O2S. The maximum Gasteiger partial charge on any atom is 0.227 e. The topological polar surface area (TPSA) is 84.3 Å². The normalized spacial score (nSPS) is 15.8. The zero-order chi connectivity index (χ0) is 21.5. The predicted octanol–water partition coefficient (Wildman–Crippen LogP) is 4.00. The summed E-state index contributed by atoms with van der Waals surface area (Å²) in [6.07, 6.45) is 3.15. The van der Waals surface area contributed by atoms with Crippen LogP contribution in [0.5, 0.6) is 0 Å². The summed E-state index contributed by atoms with van der Waals surface area (Å²) in [4.78, 5) is 13.4. The van der Waals surface area contributed by atoms with Crippen molar-refractivity contribution in [2.24, 2.45) is 4.99 Å². The van der Waals surface area contributed by atoms with Gasteiger partial charge in [0, 0.05) is 41.9 Å². The first-order valence-corrected chi connectivity index (χ1v) is 11.1. The number of benzene rings is 2. The van der Waals surface area contributed by atoms with Crippen molar-refractivity contribution in [2.45, 2.75) is 24.2 Å². The Balaban J connectivity index is 1.68. The van der Waals surface area contributed by atoms with Crippen molar-refractivity contribution in [3.05, 3.63) is 65.9 Å². The lowest BCUT2D eigenvalue weighted by Crippen LogP contribution is -2.26. The molecule has 0 fully saturated rings. The summed E-state index contributed by atoms with van der Waals surface area (Å²) in [5, 5.41) is 3.08. The van der Waals surface area contributed by atoms with E-state index in [0.717, 1.165) is 22.4 Å². The third-order valence-corrected chi connectivity index (χ3v) is 6.00. The largest absolute Gasteiger partial charge is 0.324 e. The Morgan fingerprint density at radius 3 is 2.76 bits per heavy atom. The monoisotopic (exact) mass is 407 g/mol. The van der Waals surface area contributed by atoms with Crippen molar-refractivity contribution in [1.82, 2.24) is 9.97 Å². The van der Waals surface area contributed by atoms with Crippen molar-refractivity contribution < 1.29 is 9.79 Å². The molecule has 6 nitrogen and oxygen atoms in total. The van der Waals surface area contributed by atoms with E-state index in [1.165, 1.54) is 6.26 Å². The third-order valence-electron chi connectivity index (χ3n) is 4.89. The number of nitrogens with zero attached hydrogens (tertiary/aromatic N) is 3. The Kier molecular flexibility index (Phi) is 4.39. The average Bonchev–Trinajstić information content (AvgIpc) is 2.71. The number of fused-ring (bicyclic) bond motifs is 1. The fraction of sp³-hybridized carbons (Fsp3) is 0.227. The zero-order valence-corrected chi connectivity index (χ0v) is 17.3. The molecule has 0 atom stereocenters. The van der Waals surface area contributed by atoms with Crippen LogP contribution in [0, 0.1) is 0 Å². The maximum absolute atomic E-state index is 11.8. The first-order chi connectivity index (χ1) is 14.1. The molecule has 0 aliphatic carbocycles. The molecule has 7 heteroatoms. The second-order valence-electron chi connectivity index (χ2n) is 7.76. The smallest absolute Gasteiger partial charge is 0.227 e. The fourth-order valence-corrected chi connectivity index (χ4v) is 3.95. The van der Waals surface area contributed by atoms with Crippen molar-refractivity contribution in [3.63, 3.8) is 0 Å². The minimum atomic E-state index is -3.30. The van der Waals surface area contributed by atoms with Crippen LogP contribution in [0.3, 0.4) is 0 Å². The van der Waals surface area contributed by atoms with Crippen molar-refractivity contribution in [1.29, 1.82) is 0 Å². The Bertz CT molecular complexity index is 1270. The van der Waals surface area contributed by atoms with Crippen LogP contribution in [0.2, 0.25) is 0 Å². The number of rotatable bonds is 4. The van der Waals surface area contributed by atoms with Crippen LogP contribution in [-0.2, 0) is 15.3 Å². The van der Waals surface area contributed by atoms with Gasteiger partial charge >= 0.3 is 0 Å². The molecule has 29 heavy (non-hydrogen) atoms. The first kappa shape index (κ1) is 18.0. The molecular weight excluding hydrogens is 384 g/mol. The number of aliphatic imine (C=N–C) groups is 1. The molecule has 2 heterocycles. The second kappa shape index (κ2) is 7.08. The van der Waals surface area contributed by atoms with Crippen LogP contribution < -0.4 is 5.32 Å². The quantitative estimate of drug-likeness (QED) is 0.707. The first-order valence-electron chi connectivity index (χ1n) is 9.70. The molecule has 1 aliphatic heterocycles. The van der Waals surface area contributed by atoms with Gasteiger partial charge in [0.1, 0.15) is 0 Å². The van der Waals surface area contributed by atoms with Crippen molar-refractivity contribution in [2.75, 3.05) is 18.1 Å². The maximum atomic E-state index is 11.8. The lowest BCUT2D eigenvalue weighted by Gasteiger charge is -2.28. The van der Waals surface area contributed by atoms with Crippen LogP contribution in [0.1, 0.15) is 26.3 Å². The number of anilines is 2. The second-order valence-corrected chi connectivity index (χ2v) is 9.78. The van der Waals surface area contributed by atoms with Gasteiger partial charge in [0.05, 0.1) is 12.0 Å². The molecule has 0 unspecified atom stereocenters. The fourth-order valence-electron chi connectivity index (χ4n) is 3.28. The molecule has 0 radical (unpaired) electrons. The summed E-state index contributed by atoms with van der Waals surface area (Å²) in [7, 11) is -3.30. The summed E-state index contributed by atoms with van der Waals surface area (Å²) >= 11 is 0. The van der Waals surface area contributed by atoms with Crippen molar-refractivity contribution >= 4 is 27.7 Å². The molecule has 148 valence electrons. The minimum absolute atomic E-state index is 0.157. The highest BCUT2D eigenvalue weighted by atomic mass is 32.2. The van der Waals surface area contributed by atoms with Gasteiger partial charge in [-0.2, -0.15) is 0 Å². The molecule has 2 aromatic carbocycles. The van der Waals surface area contributed by atoms with Crippen LogP contribution >= 0.6 is 0 Å². The molecule has 4 rings (SSSR count). The summed E-state index contributed by atoms with van der Waals surface area (Å²) < 4.78 is 31.7. The number of aromatic nitrogens is 2. The van der Waals surface area contributed by atoms with E-state index in [9.17, 15) is 8.42 Å². The molecule has 3 aromatic rings. The lowest BCUT2D eigenvalue weighted by molar-refractivity contribution is 0.534. The lowest BCUT2D eigenvalue weighted by atomic mass is 9.79. The number of hydrogen-bond donors (Lipinski definition) is 1. The number of hydrogen-bond acceptors (Lipinski definition) is 6. The highest BCUT2D eigenvalue weighted by molar-refractivity contribution is 7.90. The predicted molar refractivity (Wildman–Crippen MR) is 116 cm³/mol. The van der Waals surface area contributed by atoms with E-state index in [-0.39, 0.29) is 10.3 Å². The van der Waals surface area contributed by atoms with Crippen LogP contribution in [-0.4, -0.2) is 37.4 Å². The summed E-state index contributed by atoms with van der Waals surface area (Å²) in [6, 6.07) is 14.3. The van der Waals surface area contributed by atoms with Crippen molar-refractivity contribution in [3.8, 4) is 11.3 Å². The molecule has 1 aromatic heterocycles. The van der Waals surface area contributed by atoms with Gasteiger partial charge in [-0.05, 0) is 41.5 Å². The van der Waals surface area contributed by atoms with E-state index < -0.39 is 9.84 Å². The van der Waals surface area contributed by atoms with Crippen LogP contribution in [0.4, 0.5) is 11.6 Å². The van der Waals surface area contributed by atoms with Gasteiger partial charge < -0.3 is 5.32 Å². The van der Waals surface area contributed by atoms with Gasteiger partial charge in [0.25, 0.3) is 0 Å². The third kappa shape index (κ3) is 4.05. The van der Waals surface area contributed by atoms with Gasteiger partial charge in [0.2, 0.25) is 5.95 Å². The Morgan fingerprint density at radius 1 is 1.14 bits per heavy atom. The summed E-state index contributed by atoms with van der Waals surface area (Å²) in [5.74, 6) is 0.373. The summed E-state index contributed by atoms with van der Waals surface area (Å²) in [5.41, 5.74) is 4.02. The van der Waals surface area contributed by atoms with Gasteiger partial charge in [-0.1, -0.05) is 32.0 Å². The molecule has 1 aliphatic rings. The Hall–Kier alpha value is -3.06. The minimum Gasteiger partial charge on any atom is -0.324 e. The highest BCUT2D eigenvalue weighted by Crippen LogP contribution is 2.32. The van der Waals surface area contributed by atoms with Crippen LogP contribution in [0.15, 0.2) is 64.6 Å². The Morgan fingerprint density at radius 2 is 1.97 bits per heavy atom. The molecule has 0 bridgehead atoms. The van der Waals surface area contributed by atoms with E-state index in [1.807, 2.05) is 18.2 Å². The molecule has 0 spiro atoms. The molecule has 0 amide bonds. The SMILES string of the molecule is [2H]C1=NCC(C)(C)c2cc(-c3ccnc(Nc4cccc(S(C)(=O)=O)c4)n3)ccc21. The zero-order valence-electron chi connectivity index (χ0n) is 17.5. The molecule has 0 saturated carbocycles. The van der Waals surface area contributed by atoms with Crippen LogP contribution in [0.25, 0.3) is 11.3 Å². The van der Waals surface area contributed by atoms with E-state index in [4.69, 9.17) is 1.37 Å². The number of nitrogens with one attached hydrogen (secondary N) is 1. The van der Waals surface area contributed by atoms with Gasteiger partial charge in [-0.3, -0.25) is 4.99 Å². The highest BCUT2D eigenvalue weighted by Gasteiger charge is 2.26. The molecule has 0 saturated heterocycles. The van der Waals surface area contributed by atoms with Gasteiger partial charge in [0.15, 0.2) is 9.84 Å². The Labute approximate surface area is 172 Å². The number of sulfone groups is 1. The van der Waals surface area contributed by atoms with E-state index >= 15 is 0 Å². The average molecular weight is 408 g/mol. The van der Waals surface area contributed by atoms with E-state index in [2.05, 4.69) is 40.2 Å². The summed E-state index contributed by atoms with van der Waals surface area (Å²) in [6.45, 7) is 4.82. The van der Waals surface area contributed by atoms with E-state index in [1.54, 1.807) is 30.5 Å². The standard InChI is InChI=1S/C22H22N4O2S/c1-22(2)14-23-13-16-8-7-15(11-19(16)22)20-9-10-24-21(26-20)25-17-5-4-6-18(12-17)29(3,27)28/h4-13H,14H2,1-3H3,(H,24,25,26)/i13D. The van der Waals surface area contributed by atoms with Gasteiger partial charge in [-0.25, -0.2) is 18.4 Å².